The van der Waals surface area contributed by atoms with E-state index in [-0.39, 0.29) is 22.3 Å². The van der Waals surface area contributed by atoms with Crippen LogP contribution in [0.1, 0.15) is 48.9 Å². The van der Waals surface area contributed by atoms with Gasteiger partial charge >= 0.3 is 5.97 Å². The molecule has 132 valence electrons. The van der Waals surface area contributed by atoms with Crippen molar-refractivity contribution in [3.8, 4) is 5.75 Å². The Morgan fingerprint density at radius 1 is 1.12 bits per heavy atom. The Morgan fingerprint density at radius 3 is 2.42 bits per heavy atom. The molecule has 6 nitrogen and oxygen atoms in total. The fraction of sp³-hybridized carbons (Fsp3) is 0.588. The van der Waals surface area contributed by atoms with Gasteiger partial charge in [0.1, 0.15) is 16.7 Å². The normalized spacial score (nSPS) is 19.5. The highest BCUT2D eigenvalue weighted by Crippen LogP contribution is 2.30. The number of rotatable bonds is 5. The minimum absolute atomic E-state index is 0.0350. The maximum absolute atomic E-state index is 12.8. The first-order chi connectivity index (χ1) is 11.5. The van der Waals surface area contributed by atoms with Gasteiger partial charge in [0.05, 0.1) is 12.7 Å². The molecule has 1 heterocycles. The van der Waals surface area contributed by atoms with Gasteiger partial charge in [0.2, 0.25) is 10.0 Å². The third-order valence-electron chi connectivity index (χ3n) is 4.66. The highest BCUT2D eigenvalue weighted by molar-refractivity contribution is 7.89. The molecule has 0 unspecified atom stereocenters. The van der Waals surface area contributed by atoms with Gasteiger partial charge in [0.15, 0.2) is 0 Å². The van der Waals surface area contributed by atoms with Crippen molar-refractivity contribution in [1.29, 1.82) is 0 Å². The van der Waals surface area contributed by atoms with Crippen LogP contribution >= 0.6 is 0 Å². The second-order valence-electron chi connectivity index (χ2n) is 6.29. The number of ether oxygens (including phenoxy) is 2. The van der Waals surface area contributed by atoms with Crippen LogP contribution in [0.2, 0.25) is 0 Å². The number of methoxy groups -OCH3 is 1. The number of nitrogens with zero attached hydrogens (tertiary/aromatic N) is 1. The van der Waals surface area contributed by atoms with Crippen molar-refractivity contribution in [2.24, 2.45) is 0 Å². The summed E-state index contributed by atoms with van der Waals surface area (Å²) in [5.74, 6) is -0.221. The van der Waals surface area contributed by atoms with Gasteiger partial charge in [-0.3, -0.25) is 0 Å². The van der Waals surface area contributed by atoms with Crippen molar-refractivity contribution in [1.82, 2.24) is 4.31 Å². The summed E-state index contributed by atoms with van der Waals surface area (Å²) < 4.78 is 37.8. The van der Waals surface area contributed by atoms with E-state index in [1.807, 2.05) is 0 Å². The minimum atomic E-state index is -3.66. The number of carbonyl (C=O) groups is 1. The predicted molar refractivity (Wildman–Crippen MR) is 88.7 cm³/mol. The monoisotopic (exact) mass is 353 g/mol. The average molecular weight is 353 g/mol. The number of esters is 1. The SMILES string of the molecule is COc1ccc(C(=O)OC2CCCC2)cc1S(=O)(=O)N1CCCC1. The molecule has 24 heavy (non-hydrogen) atoms. The average Bonchev–Trinajstić information content (AvgIpc) is 3.28. The molecule has 1 saturated carbocycles. The lowest BCUT2D eigenvalue weighted by molar-refractivity contribution is 0.0317. The lowest BCUT2D eigenvalue weighted by Crippen LogP contribution is -2.28. The van der Waals surface area contributed by atoms with Gasteiger partial charge in [0.25, 0.3) is 0 Å². The lowest BCUT2D eigenvalue weighted by atomic mass is 10.2. The minimum Gasteiger partial charge on any atom is -0.495 e. The molecule has 0 aromatic heterocycles. The Bertz CT molecular complexity index is 704. The first-order valence-corrected chi connectivity index (χ1v) is 9.85. The lowest BCUT2D eigenvalue weighted by Gasteiger charge is -2.18. The maximum Gasteiger partial charge on any atom is 0.338 e. The molecule has 1 aliphatic heterocycles. The fourth-order valence-corrected chi connectivity index (χ4v) is 5.00. The number of hydrogen-bond acceptors (Lipinski definition) is 5. The number of hydrogen-bond donors (Lipinski definition) is 0. The van der Waals surface area contributed by atoms with Crippen LogP contribution in [0.3, 0.4) is 0 Å². The van der Waals surface area contributed by atoms with Crippen LogP contribution in [0, 0.1) is 0 Å². The Balaban J connectivity index is 1.88. The van der Waals surface area contributed by atoms with Gasteiger partial charge in [-0.2, -0.15) is 4.31 Å². The predicted octanol–water partition coefficient (Wildman–Crippen LogP) is 2.58. The Labute approximate surface area is 142 Å². The van der Waals surface area contributed by atoms with E-state index < -0.39 is 16.0 Å². The van der Waals surface area contributed by atoms with Crippen molar-refractivity contribution in [3.05, 3.63) is 23.8 Å². The third kappa shape index (κ3) is 3.42. The zero-order valence-electron chi connectivity index (χ0n) is 13.9. The molecule has 1 aromatic rings. The molecular weight excluding hydrogens is 330 g/mol. The third-order valence-corrected chi connectivity index (χ3v) is 6.58. The molecule has 1 saturated heterocycles. The van der Waals surface area contributed by atoms with Crippen LogP contribution in [-0.4, -0.2) is 45.0 Å². The number of sulfonamides is 1. The van der Waals surface area contributed by atoms with E-state index in [4.69, 9.17) is 9.47 Å². The van der Waals surface area contributed by atoms with Gasteiger partial charge in [-0.1, -0.05) is 0 Å². The molecule has 2 aliphatic rings. The molecule has 1 aromatic carbocycles. The number of carbonyl (C=O) groups excluding carboxylic acids is 1. The highest BCUT2D eigenvalue weighted by atomic mass is 32.2. The fourth-order valence-electron chi connectivity index (χ4n) is 3.30. The highest BCUT2D eigenvalue weighted by Gasteiger charge is 2.31. The van der Waals surface area contributed by atoms with Crippen LogP contribution in [0.15, 0.2) is 23.1 Å². The van der Waals surface area contributed by atoms with E-state index in [0.29, 0.717) is 13.1 Å². The Kier molecular flexibility index (Phi) is 5.10. The standard InChI is InChI=1S/C17H23NO5S/c1-22-15-9-8-13(17(19)23-14-6-2-3-7-14)12-16(15)24(20,21)18-10-4-5-11-18/h8-9,12,14H,2-7,10-11H2,1H3. The van der Waals surface area contributed by atoms with E-state index >= 15 is 0 Å². The Morgan fingerprint density at radius 2 is 1.79 bits per heavy atom. The molecule has 0 N–H and O–H groups in total. The summed E-state index contributed by atoms with van der Waals surface area (Å²) >= 11 is 0. The summed E-state index contributed by atoms with van der Waals surface area (Å²) in [7, 11) is -2.24. The van der Waals surface area contributed by atoms with Gasteiger partial charge in [0, 0.05) is 13.1 Å². The van der Waals surface area contributed by atoms with Crippen LogP contribution in [0.25, 0.3) is 0 Å². The van der Waals surface area contributed by atoms with Crippen molar-refractivity contribution < 1.29 is 22.7 Å². The van der Waals surface area contributed by atoms with E-state index in [0.717, 1.165) is 38.5 Å². The summed E-state index contributed by atoms with van der Waals surface area (Å²) in [5.41, 5.74) is 0.250. The topological polar surface area (TPSA) is 72.9 Å². The largest absolute Gasteiger partial charge is 0.495 e. The van der Waals surface area contributed by atoms with Gasteiger partial charge in [-0.15, -0.1) is 0 Å². The molecule has 1 aliphatic carbocycles. The summed E-state index contributed by atoms with van der Waals surface area (Å²) in [5, 5.41) is 0. The quantitative estimate of drug-likeness (QED) is 0.761. The van der Waals surface area contributed by atoms with Gasteiger partial charge in [-0.05, 0) is 56.7 Å². The van der Waals surface area contributed by atoms with E-state index in [2.05, 4.69) is 0 Å². The molecule has 0 radical (unpaired) electrons. The van der Waals surface area contributed by atoms with Crippen molar-refractivity contribution in [2.45, 2.75) is 49.5 Å². The molecule has 0 atom stereocenters. The maximum atomic E-state index is 12.8. The van der Waals surface area contributed by atoms with E-state index in [1.165, 1.54) is 23.5 Å². The summed E-state index contributed by atoms with van der Waals surface area (Å²) in [6.07, 6.45) is 5.53. The van der Waals surface area contributed by atoms with Crippen LogP contribution in [0.5, 0.6) is 5.75 Å². The molecular formula is C17H23NO5S. The molecule has 7 heteroatoms. The van der Waals surface area contributed by atoms with Crippen LogP contribution < -0.4 is 4.74 Å². The molecule has 0 spiro atoms. The smallest absolute Gasteiger partial charge is 0.338 e. The van der Waals surface area contributed by atoms with Crippen molar-refractivity contribution >= 4 is 16.0 Å². The molecule has 0 bridgehead atoms. The zero-order chi connectivity index (χ0) is 17.2. The van der Waals surface area contributed by atoms with Crippen molar-refractivity contribution in [3.63, 3.8) is 0 Å². The van der Waals surface area contributed by atoms with E-state index in [1.54, 1.807) is 6.07 Å². The van der Waals surface area contributed by atoms with Crippen molar-refractivity contribution in [2.75, 3.05) is 20.2 Å². The first-order valence-electron chi connectivity index (χ1n) is 8.41. The van der Waals surface area contributed by atoms with Crippen LogP contribution in [0.4, 0.5) is 0 Å². The zero-order valence-corrected chi connectivity index (χ0v) is 14.7. The van der Waals surface area contributed by atoms with Gasteiger partial charge < -0.3 is 9.47 Å². The van der Waals surface area contributed by atoms with Gasteiger partial charge in [-0.25, -0.2) is 13.2 Å². The molecule has 3 rings (SSSR count). The second kappa shape index (κ2) is 7.11. The molecule has 2 fully saturated rings. The van der Waals surface area contributed by atoms with Crippen LogP contribution in [-0.2, 0) is 14.8 Å². The molecule has 0 amide bonds. The first kappa shape index (κ1) is 17.2. The summed E-state index contributed by atoms with van der Waals surface area (Å²) in [6.45, 7) is 1.00. The summed E-state index contributed by atoms with van der Waals surface area (Å²) in [4.78, 5) is 12.4. The Hall–Kier alpha value is -1.60. The second-order valence-corrected chi connectivity index (χ2v) is 8.19. The summed E-state index contributed by atoms with van der Waals surface area (Å²) in [6, 6.07) is 4.46. The van der Waals surface area contributed by atoms with E-state index in [9.17, 15) is 13.2 Å². The number of benzene rings is 1.